The van der Waals surface area contributed by atoms with Crippen molar-refractivity contribution in [1.29, 1.82) is 0 Å². The first kappa shape index (κ1) is 24.0. The van der Waals surface area contributed by atoms with Gasteiger partial charge in [0.1, 0.15) is 16.7 Å². The number of nitrogens with zero attached hydrogens (tertiary/aromatic N) is 2. The highest BCUT2D eigenvalue weighted by atomic mass is 32.2. The SMILES string of the molecule is Cc1ccc(C(CCc2cnc[nH]2)CC(=O)O)cc1CN1C[C@@H](C)Oc2ccccc2S1(=O)=O. The Hall–Kier alpha value is -3.17. The van der Waals surface area contributed by atoms with Crippen LogP contribution in [0.1, 0.15) is 48.1 Å². The Morgan fingerprint density at radius 2 is 2.09 bits per heavy atom. The first-order chi connectivity index (χ1) is 16.2. The lowest BCUT2D eigenvalue weighted by molar-refractivity contribution is -0.137. The standard InChI is InChI=1S/C25H29N3O5S/c1-17-7-8-19(20(12-25(29)30)9-10-22-13-26-16-27-22)11-21(17)15-28-14-18(2)33-23-5-3-4-6-24(23)34(28,31)32/h3-8,11,13,16,18,20H,9-10,12,14-15H2,1-2H3,(H,26,27)(H,29,30)/t18-,20?/m1/s1. The summed E-state index contributed by atoms with van der Waals surface area (Å²) in [5.41, 5.74) is 3.64. The van der Waals surface area contributed by atoms with Crippen LogP contribution in [-0.2, 0) is 27.8 Å². The van der Waals surface area contributed by atoms with E-state index in [2.05, 4.69) is 9.97 Å². The van der Waals surface area contributed by atoms with E-state index in [1.165, 1.54) is 4.31 Å². The van der Waals surface area contributed by atoms with E-state index >= 15 is 0 Å². The number of fused-ring (bicyclic) bond motifs is 1. The van der Waals surface area contributed by atoms with Crippen molar-refractivity contribution in [3.8, 4) is 5.75 Å². The van der Waals surface area contributed by atoms with Crippen LogP contribution in [0.5, 0.6) is 5.75 Å². The molecule has 0 amide bonds. The maximum Gasteiger partial charge on any atom is 0.303 e. The van der Waals surface area contributed by atoms with Crippen LogP contribution in [0.4, 0.5) is 0 Å². The van der Waals surface area contributed by atoms with Crippen LogP contribution in [0.25, 0.3) is 0 Å². The van der Waals surface area contributed by atoms with Crippen LogP contribution in [0.3, 0.4) is 0 Å². The predicted molar refractivity (Wildman–Crippen MR) is 127 cm³/mol. The number of hydrogen-bond donors (Lipinski definition) is 2. The van der Waals surface area contributed by atoms with Gasteiger partial charge < -0.3 is 14.8 Å². The van der Waals surface area contributed by atoms with Gasteiger partial charge in [0.05, 0.1) is 19.3 Å². The number of rotatable bonds is 8. The molecule has 0 radical (unpaired) electrons. The summed E-state index contributed by atoms with van der Waals surface area (Å²) in [6, 6.07) is 12.5. The predicted octanol–water partition coefficient (Wildman–Crippen LogP) is 3.88. The van der Waals surface area contributed by atoms with E-state index < -0.39 is 16.0 Å². The summed E-state index contributed by atoms with van der Waals surface area (Å²) in [6.07, 6.45) is 4.34. The van der Waals surface area contributed by atoms with Gasteiger partial charge in [0.25, 0.3) is 0 Å². The average molecular weight is 484 g/mol. The Bertz CT molecular complexity index is 1260. The van der Waals surface area contributed by atoms with Gasteiger partial charge in [-0.1, -0.05) is 30.3 Å². The maximum atomic E-state index is 13.4. The van der Waals surface area contributed by atoms with Crippen LogP contribution < -0.4 is 4.74 Å². The van der Waals surface area contributed by atoms with Gasteiger partial charge >= 0.3 is 5.97 Å². The third-order valence-electron chi connectivity index (χ3n) is 6.19. The fraction of sp³-hybridized carbons (Fsp3) is 0.360. The first-order valence-electron chi connectivity index (χ1n) is 11.3. The molecule has 2 heterocycles. The molecule has 2 aromatic carbocycles. The van der Waals surface area contributed by atoms with Gasteiger partial charge in [-0.2, -0.15) is 4.31 Å². The fourth-order valence-electron chi connectivity index (χ4n) is 4.34. The minimum absolute atomic E-state index is 0.00307. The number of carboxylic acids is 1. The van der Waals surface area contributed by atoms with Crippen LogP contribution >= 0.6 is 0 Å². The zero-order chi connectivity index (χ0) is 24.3. The first-order valence-corrected chi connectivity index (χ1v) is 12.7. The summed E-state index contributed by atoms with van der Waals surface area (Å²) in [5.74, 6) is -0.707. The molecule has 0 aliphatic carbocycles. The molecular formula is C25H29N3O5S. The van der Waals surface area contributed by atoms with Gasteiger partial charge in [-0.3, -0.25) is 4.79 Å². The molecule has 4 rings (SSSR count). The summed E-state index contributed by atoms with van der Waals surface area (Å²) in [5, 5.41) is 9.49. The second-order valence-corrected chi connectivity index (χ2v) is 10.7. The fourth-order valence-corrected chi connectivity index (χ4v) is 5.96. The second-order valence-electron chi connectivity index (χ2n) is 8.77. The zero-order valence-corrected chi connectivity index (χ0v) is 20.1. The van der Waals surface area contributed by atoms with E-state index in [4.69, 9.17) is 4.74 Å². The molecule has 1 aliphatic rings. The molecule has 180 valence electrons. The Balaban J connectivity index is 1.62. The van der Waals surface area contributed by atoms with E-state index in [0.717, 1.165) is 22.4 Å². The summed E-state index contributed by atoms with van der Waals surface area (Å²) < 4.78 is 34.2. The lowest BCUT2D eigenvalue weighted by atomic mass is 9.88. The van der Waals surface area contributed by atoms with E-state index in [1.807, 2.05) is 32.0 Å². The Labute approximate surface area is 199 Å². The molecule has 2 atom stereocenters. The molecule has 0 saturated heterocycles. The number of benzene rings is 2. The highest BCUT2D eigenvalue weighted by Crippen LogP contribution is 2.33. The quantitative estimate of drug-likeness (QED) is 0.503. The number of carboxylic acid groups (broad SMARTS) is 1. The molecule has 1 aromatic heterocycles. The Morgan fingerprint density at radius 3 is 2.82 bits per heavy atom. The van der Waals surface area contributed by atoms with E-state index in [9.17, 15) is 18.3 Å². The molecule has 8 nitrogen and oxygen atoms in total. The minimum atomic E-state index is -3.76. The smallest absolute Gasteiger partial charge is 0.303 e. The highest BCUT2D eigenvalue weighted by Gasteiger charge is 2.33. The van der Waals surface area contributed by atoms with Crippen LogP contribution in [0.2, 0.25) is 0 Å². The minimum Gasteiger partial charge on any atom is -0.488 e. The van der Waals surface area contributed by atoms with E-state index in [-0.39, 0.29) is 36.4 Å². The van der Waals surface area contributed by atoms with Gasteiger partial charge in [-0.15, -0.1) is 0 Å². The number of imidazole rings is 1. The molecule has 0 fully saturated rings. The summed E-state index contributed by atoms with van der Waals surface area (Å²) >= 11 is 0. The maximum absolute atomic E-state index is 13.4. The third-order valence-corrected chi connectivity index (χ3v) is 8.04. The Kier molecular flexibility index (Phi) is 7.04. The van der Waals surface area contributed by atoms with Gasteiger partial charge in [-0.25, -0.2) is 13.4 Å². The highest BCUT2D eigenvalue weighted by molar-refractivity contribution is 7.89. The second kappa shape index (κ2) is 9.99. The molecule has 0 saturated carbocycles. The molecule has 0 spiro atoms. The van der Waals surface area contributed by atoms with Gasteiger partial charge in [0.2, 0.25) is 10.0 Å². The van der Waals surface area contributed by atoms with Crippen molar-refractivity contribution in [3.63, 3.8) is 0 Å². The number of hydrogen-bond acceptors (Lipinski definition) is 5. The number of aliphatic carboxylic acids is 1. The number of nitrogens with one attached hydrogen (secondary N) is 1. The van der Waals surface area contributed by atoms with Crippen LogP contribution in [-0.4, -0.2) is 46.4 Å². The lowest BCUT2D eigenvalue weighted by Crippen LogP contribution is -2.35. The summed E-state index contributed by atoms with van der Waals surface area (Å²) in [7, 11) is -3.76. The van der Waals surface area contributed by atoms with Gasteiger partial charge in [0, 0.05) is 18.4 Å². The van der Waals surface area contributed by atoms with Gasteiger partial charge in [0.15, 0.2) is 0 Å². The van der Waals surface area contributed by atoms with Crippen molar-refractivity contribution in [1.82, 2.24) is 14.3 Å². The van der Waals surface area contributed by atoms with Gasteiger partial charge in [-0.05, 0) is 61.4 Å². The molecule has 0 bridgehead atoms. The number of aromatic nitrogens is 2. The van der Waals surface area contributed by atoms with Crippen molar-refractivity contribution in [2.24, 2.45) is 0 Å². The van der Waals surface area contributed by atoms with Crippen LogP contribution in [0, 0.1) is 6.92 Å². The number of H-pyrrole nitrogens is 1. The number of ether oxygens (including phenoxy) is 1. The average Bonchev–Trinajstić information content (AvgIpc) is 3.28. The van der Waals surface area contributed by atoms with Crippen molar-refractivity contribution in [3.05, 3.63) is 77.4 Å². The lowest BCUT2D eigenvalue weighted by Gasteiger charge is -2.23. The largest absolute Gasteiger partial charge is 0.488 e. The molecule has 1 aliphatic heterocycles. The van der Waals surface area contributed by atoms with Crippen molar-refractivity contribution in [2.45, 2.75) is 56.6 Å². The number of para-hydroxylation sites is 1. The van der Waals surface area contributed by atoms with Crippen LogP contribution in [0.15, 0.2) is 59.9 Å². The van der Waals surface area contributed by atoms with E-state index in [1.54, 1.807) is 36.8 Å². The third kappa shape index (κ3) is 5.31. The normalized spacial score (nSPS) is 18.5. The van der Waals surface area contributed by atoms with Crippen molar-refractivity contribution < 1.29 is 23.1 Å². The molecule has 3 aromatic rings. The zero-order valence-electron chi connectivity index (χ0n) is 19.3. The molecule has 1 unspecified atom stereocenters. The summed E-state index contributed by atoms with van der Waals surface area (Å²) in [6.45, 7) is 4.20. The molecule has 34 heavy (non-hydrogen) atoms. The number of aromatic amines is 1. The van der Waals surface area contributed by atoms with E-state index in [0.29, 0.717) is 18.6 Å². The topological polar surface area (TPSA) is 113 Å². The Morgan fingerprint density at radius 1 is 1.29 bits per heavy atom. The van der Waals surface area contributed by atoms with Crippen molar-refractivity contribution in [2.75, 3.05) is 6.54 Å². The summed E-state index contributed by atoms with van der Waals surface area (Å²) in [4.78, 5) is 18.8. The number of sulfonamides is 1. The number of aryl methyl sites for hydroxylation is 2. The monoisotopic (exact) mass is 483 g/mol. The molecule has 9 heteroatoms. The molecular weight excluding hydrogens is 454 g/mol. The van der Waals surface area contributed by atoms with Crippen molar-refractivity contribution >= 4 is 16.0 Å². The molecule has 2 N–H and O–H groups in total. The number of carbonyl (C=O) groups is 1.